The topological polar surface area (TPSA) is 29.1 Å². The number of carbonyl (C=O) groups excluding carboxylic acids is 1. The van der Waals surface area contributed by atoms with Crippen LogP contribution in [0.4, 0.5) is 0 Å². The van der Waals surface area contributed by atoms with E-state index in [0.717, 1.165) is 19.5 Å². The van der Waals surface area contributed by atoms with Crippen LogP contribution >= 0.6 is 0 Å². The lowest BCUT2D eigenvalue weighted by Gasteiger charge is -2.15. The summed E-state index contributed by atoms with van der Waals surface area (Å²) in [5.41, 5.74) is 7.02. The minimum absolute atomic E-state index is 0.251. The van der Waals surface area contributed by atoms with E-state index >= 15 is 0 Å². The fourth-order valence-electron chi connectivity index (χ4n) is 2.28. The number of carbonyl (C=O) groups is 1. The Balaban J connectivity index is 2.59. The minimum Gasteiger partial charge on any atom is -0.316 e. The van der Waals surface area contributed by atoms with E-state index in [2.05, 4.69) is 39.1 Å². The van der Waals surface area contributed by atoms with E-state index in [0.29, 0.717) is 6.42 Å². The molecule has 0 fully saturated rings. The first-order valence-corrected chi connectivity index (χ1v) is 6.70. The van der Waals surface area contributed by atoms with Crippen molar-refractivity contribution in [1.82, 2.24) is 5.32 Å². The standard InChI is InChI=1S/C16H25NO/c1-11-10-12(2)15(5)16(14(11)4)7-9-17-8-6-13(3)18/h10,17H,6-9H2,1-5H3. The fraction of sp³-hybridized carbons (Fsp3) is 0.562. The van der Waals surface area contributed by atoms with Gasteiger partial charge in [-0.15, -0.1) is 0 Å². The molecule has 0 amide bonds. The Hall–Kier alpha value is -1.15. The van der Waals surface area contributed by atoms with Crippen molar-refractivity contribution in [2.75, 3.05) is 13.1 Å². The summed E-state index contributed by atoms with van der Waals surface area (Å²) in [7, 11) is 0. The maximum absolute atomic E-state index is 10.8. The lowest BCUT2D eigenvalue weighted by Crippen LogP contribution is -2.21. The fourth-order valence-corrected chi connectivity index (χ4v) is 2.28. The molecule has 18 heavy (non-hydrogen) atoms. The Labute approximate surface area is 111 Å². The van der Waals surface area contributed by atoms with Crippen molar-refractivity contribution in [2.45, 2.75) is 47.5 Å². The summed E-state index contributed by atoms with van der Waals surface area (Å²) >= 11 is 0. The third kappa shape index (κ3) is 3.95. The van der Waals surface area contributed by atoms with E-state index in [1.807, 2.05) is 0 Å². The Kier molecular flexibility index (Phi) is 5.54. The number of hydrogen-bond donors (Lipinski definition) is 1. The van der Waals surface area contributed by atoms with Gasteiger partial charge in [-0.1, -0.05) is 6.07 Å². The van der Waals surface area contributed by atoms with Gasteiger partial charge in [-0.25, -0.2) is 0 Å². The van der Waals surface area contributed by atoms with Crippen molar-refractivity contribution in [1.29, 1.82) is 0 Å². The molecule has 1 aromatic carbocycles. The van der Waals surface area contributed by atoms with Gasteiger partial charge in [-0.3, -0.25) is 4.79 Å². The van der Waals surface area contributed by atoms with Crippen LogP contribution < -0.4 is 5.32 Å². The van der Waals surface area contributed by atoms with Gasteiger partial charge in [0.25, 0.3) is 0 Å². The van der Waals surface area contributed by atoms with E-state index < -0.39 is 0 Å². The van der Waals surface area contributed by atoms with E-state index in [-0.39, 0.29) is 5.78 Å². The van der Waals surface area contributed by atoms with Gasteiger partial charge in [-0.05, 0) is 75.4 Å². The third-order valence-electron chi connectivity index (χ3n) is 3.73. The number of Topliss-reactive ketones (excluding diaryl/α,β-unsaturated/α-hetero) is 1. The van der Waals surface area contributed by atoms with Gasteiger partial charge in [0.2, 0.25) is 0 Å². The van der Waals surface area contributed by atoms with E-state index in [1.165, 1.54) is 27.8 Å². The van der Waals surface area contributed by atoms with Gasteiger partial charge in [0, 0.05) is 13.0 Å². The van der Waals surface area contributed by atoms with Crippen molar-refractivity contribution in [3.05, 3.63) is 33.9 Å². The minimum atomic E-state index is 0.251. The van der Waals surface area contributed by atoms with E-state index in [4.69, 9.17) is 0 Å². The largest absolute Gasteiger partial charge is 0.316 e. The van der Waals surface area contributed by atoms with Crippen molar-refractivity contribution < 1.29 is 4.79 Å². The zero-order valence-electron chi connectivity index (χ0n) is 12.3. The maximum Gasteiger partial charge on any atom is 0.131 e. The molecule has 0 aliphatic carbocycles. The molecule has 0 unspecified atom stereocenters. The van der Waals surface area contributed by atoms with Gasteiger partial charge >= 0.3 is 0 Å². The predicted octanol–water partition coefficient (Wildman–Crippen LogP) is 3.03. The first-order chi connectivity index (χ1) is 8.43. The third-order valence-corrected chi connectivity index (χ3v) is 3.73. The molecule has 0 aliphatic heterocycles. The summed E-state index contributed by atoms with van der Waals surface area (Å²) in [6.07, 6.45) is 1.67. The second-order valence-electron chi connectivity index (χ2n) is 5.19. The van der Waals surface area contributed by atoms with Gasteiger partial charge < -0.3 is 5.32 Å². The van der Waals surface area contributed by atoms with Crippen LogP contribution in [0.25, 0.3) is 0 Å². The van der Waals surface area contributed by atoms with Gasteiger partial charge in [0.15, 0.2) is 0 Å². The van der Waals surface area contributed by atoms with Crippen molar-refractivity contribution in [2.24, 2.45) is 0 Å². The molecule has 2 heteroatoms. The first-order valence-electron chi connectivity index (χ1n) is 6.70. The molecule has 0 saturated heterocycles. The molecule has 0 spiro atoms. The summed E-state index contributed by atoms with van der Waals surface area (Å²) in [6.45, 7) is 12.1. The molecule has 0 atom stereocenters. The smallest absolute Gasteiger partial charge is 0.131 e. The second-order valence-corrected chi connectivity index (χ2v) is 5.19. The molecule has 0 radical (unpaired) electrons. The number of nitrogens with one attached hydrogen (secondary N) is 1. The number of ketones is 1. The average Bonchev–Trinajstić information content (AvgIpc) is 2.30. The van der Waals surface area contributed by atoms with Crippen LogP contribution in [0, 0.1) is 27.7 Å². The first kappa shape index (κ1) is 14.9. The van der Waals surface area contributed by atoms with Gasteiger partial charge in [0.05, 0.1) is 0 Å². The summed E-state index contributed by atoms with van der Waals surface area (Å²) in [4.78, 5) is 10.8. The molecular formula is C16H25NO. The van der Waals surface area contributed by atoms with Crippen LogP contribution in [0.15, 0.2) is 6.07 Å². The highest BCUT2D eigenvalue weighted by molar-refractivity contribution is 5.75. The number of aryl methyl sites for hydroxylation is 2. The highest BCUT2D eigenvalue weighted by atomic mass is 16.1. The van der Waals surface area contributed by atoms with Crippen molar-refractivity contribution >= 4 is 5.78 Å². The van der Waals surface area contributed by atoms with Crippen LogP contribution in [0.5, 0.6) is 0 Å². The number of benzene rings is 1. The van der Waals surface area contributed by atoms with Crippen LogP contribution in [-0.2, 0) is 11.2 Å². The van der Waals surface area contributed by atoms with Crippen LogP contribution in [0.2, 0.25) is 0 Å². The van der Waals surface area contributed by atoms with Crippen molar-refractivity contribution in [3.63, 3.8) is 0 Å². The molecule has 0 aliphatic rings. The molecule has 1 rings (SSSR count). The maximum atomic E-state index is 10.8. The van der Waals surface area contributed by atoms with Crippen LogP contribution in [0.3, 0.4) is 0 Å². The summed E-state index contributed by atoms with van der Waals surface area (Å²) in [5, 5.41) is 3.34. The normalized spacial score (nSPS) is 10.7. The van der Waals surface area contributed by atoms with E-state index in [9.17, 15) is 4.79 Å². The summed E-state index contributed by atoms with van der Waals surface area (Å²) in [5.74, 6) is 0.251. The Bertz CT molecular complexity index is 409. The number of rotatable bonds is 6. The molecule has 0 bridgehead atoms. The highest BCUT2D eigenvalue weighted by Gasteiger charge is 2.07. The quantitative estimate of drug-likeness (QED) is 0.783. The molecule has 0 aromatic heterocycles. The SMILES string of the molecule is CC(=O)CCNCCc1c(C)c(C)cc(C)c1C. The molecule has 1 N–H and O–H groups in total. The highest BCUT2D eigenvalue weighted by Crippen LogP contribution is 2.21. The monoisotopic (exact) mass is 247 g/mol. The molecule has 0 saturated carbocycles. The molecule has 0 heterocycles. The lowest BCUT2D eigenvalue weighted by molar-refractivity contribution is -0.116. The lowest BCUT2D eigenvalue weighted by atomic mass is 9.92. The zero-order valence-corrected chi connectivity index (χ0v) is 12.3. The number of hydrogen-bond acceptors (Lipinski definition) is 2. The predicted molar refractivity (Wildman–Crippen MR) is 77.3 cm³/mol. The molecule has 100 valence electrons. The van der Waals surface area contributed by atoms with E-state index in [1.54, 1.807) is 6.92 Å². The Morgan fingerprint density at radius 2 is 1.61 bits per heavy atom. The summed E-state index contributed by atoms with van der Waals surface area (Å²) < 4.78 is 0. The Morgan fingerprint density at radius 1 is 1.06 bits per heavy atom. The Morgan fingerprint density at radius 3 is 2.11 bits per heavy atom. The molecular weight excluding hydrogens is 222 g/mol. The summed E-state index contributed by atoms with van der Waals surface area (Å²) in [6, 6.07) is 2.26. The molecule has 2 nitrogen and oxygen atoms in total. The van der Waals surface area contributed by atoms with Gasteiger partial charge in [-0.2, -0.15) is 0 Å². The zero-order chi connectivity index (χ0) is 13.7. The van der Waals surface area contributed by atoms with Crippen LogP contribution in [0.1, 0.15) is 41.2 Å². The average molecular weight is 247 g/mol. The van der Waals surface area contributed by atoms with Gasteiger partial charge in [0.1, 0.15) is 5.78 Å². The second kappa shape index (κ2) is 6.69. The van der Waals surface area contributed by atoms with Crippen LogP contribution in [-0.4, -0.2) is 18.9 Å². The molecule has 1 aromatic rings. The van der Waals surface area contributed by atoms with Crippen molar-refractivity contribution in [3.8, 4) is 0 Å².